The van der Waals surface area contributed by atoms with Gasteiger partial charge >= 0.3 is 0 Å². The number of thiol groups is 1. The highest BCUT2D eigenvalue weighted by molar-refractivity contribution is 7.81. The number of anilines is 1. The van der Waals surface area contributed by atoms with Gasteiger partial charge in [-0.1, -0.05) is 13.8 Å². The van der Waals surface area contributed by atoms with E-state index in [0.717, 1.165) is 22.2 Å². The van der Waals surface area contributed by atoms with Gasteiger partial charge in [0.25, 0.3) is 0 Å². The molecule has 0 saturated carbocycles. The average molecular weight is 397 g/mol. The largest absolute Gasteiger partial charge is 0.508 e. The van der Waals surface area contributed by atoms with Gasteiger partial charge in [0.1, 0.15) is 11.5 Å². The quantitative estimate of drug-likeness (QED) is 0.505. The highest BCUT2D eigenvalue weighted by Gasteiger charge is 2.30. The van der Waals surface area contributed by atoms with Crippen molar-refractivity contribution in [2.45, 2.75) is 32.2 Å². The molecule has 6 nitrogen and oxygen atoms in total. The first kappa shape index (κ1) is 18.6. The second-order valence-corrected chi connectivity index (χ2v) is 8.00. The summed E-state index contributed by atoms with van der Waals surface area (Å²) in [6.07, 6.45) is 2.10. The van der Waals surface area contributed by atoms with E-state index >= 15 is 0 Å². The molecule has 7 heteroatoms. The summed E-state index contributed by atoms with van der Waals surface area (Å²) >= 11 is 4.62. The van der Waals surface area contributed by atoms with Gasteiger partial charge in [0.05, 0.1) is 5.56 Å². The number of nitrogens with one attached hydrogen (secondary N) is 1. The van der Waals surface area contributed by atoms with E-state index in [9.17, 15) is 10.2 Å². The number of phenols is 2. The van der Waals surface area contributed by atoms with E-state index in [4.69, 9.17) is 0 Å². The Bertz CT molecular complexity index is 1100. The van der Waals surface area contributed by atoms with Crippen LogP contribution in [0.5, 0.6) is 11.5 Å². The molecule has 0 spiro atoms. The van der Waals surface area contributed by atoms with Crippen LogP contribution in [0.1, 0.15) is 36.5 Å². The lowest BCUT2D eigenvalue weighted by atomic mass is 9.98. The second-order valence-electron chi connectivity index (χ2n) is 7.52. The lowest BCUT2D eigenvalue weighted by molar-refractivity contribution is 0.443. The van der Waals surface area contributed by atoms with Gasteiger partial charge < -0.3 is 14.8 Å². The molecule has 1 aromatic heterocycles. The van der Waals surface area contributed by atoms with Gasteiger partial charge in [-0.15, -0.1) is 12.6 Å². The smallest absolute Gasteiger partial charge is 0.166 e. The van der Waals surface area contributed by atoms with Crippen LogP contribution in [0.25, 0.3) is 10.9 Å². The molecular formula is C21H24N4O2S. The summed E-state index contributed by atoms with van der Waals surface area (Å²) in [4.78, 5) is 1.94. The first-order valence-electron chi connectivity index (χ1n) is 9.20. The van der Waals surface area contributed by atoms with Crippen LogP contribution in [-0.2, 0) is 7.05 Å². The van der Waals surface area contributed by atoms with Crippen molar-refractivity contribution in [3.8, 4) is 11.5 Å². The Morgan fingerprint density at radius 1 is 1.14 bits per heavy atom. The van der Waals surface area contributed by atoms with Crippen LogP contribution in [-0.4, -0.2) is 26.1 Å². The van der Waals surface area contributed by atoms with Gasteiger partial charge in [-0.3, -0.25) is 10.3 Å². The van der Waals surface area contributed by atoms with E-state index in [2.05, 4.69) is 53.0 Å². The van der Waals surface area contributed by atoms with Gasteiger partial charge in [0.2, 0.25) is 0 Å². The summed E-state index contributed by atoms with van der Waals surface area (Å²) in [7, 11) is 2.03. The number of benzene rings is 2. The maximum Gasteiger partial charge on any atom is 0.166 e. The molecule has 1 aliphatic heterocycles. The third-order valence-corrected chi connectivity index (χ3v) is 5.56. The highest BCUT2D eigenvalue weighted by Crippen LogP contribution is 2.36. The number of hydrogen-bond acceptors (Lipinski definition) is 6. The Hall–Kier alpha value is -2.80. The fourth-order valence-electron chi connectivity index (χ4n) is 3.76. The number of nitrogens with zero attached hydrogens (tertiary/aromatic N) is 3. The summed E-state index contributed by atoms with van der Waals surface area (Å²) in [5.74, 6) is 0.732. The van der Waals surface area contributed by atoms with Crippen LogP contribution in [0.3, 0.4) is 0 Å². The number of aromatic hydroxyl groups is 2. The zero-order valence-corrected chi connectivity index (χ0v) is 17.2. The predicted molar refractivity (Wildman–Crippen MR) is 116 cm³/mol. The molecule has 0 amide bonds. The Kier molecular flexibility index (Phi) is 4.42. The van der Waals surface area contributed by atoms with Crippen molar-refractivity contribution in [1.82, 2.24) is 9.99 Å². The number of aryl methyl sites for hydroxylation is 2. The number of amidine groups is 1. The van der Waals surface area contributed by atoms with Crippen LogP contribution < -0.4 is 10.3 Å². The predicted octanol–water partition coefficient (Wildman–Crippen LogP) is 4.01. The minimum absolute atomic E-state index is 0.0214. The third-order valence-electron chi connectivity index (χ3n) is 5.22. The normalized spacial score (nSPS) is 16.7. The van der Waals surface area contributed by atoms with Crippen molar-refractivity contribution in [2.24, 2.45) is 12.1 Å². The number of phenolic OH excluding ortho intramolecular Hbond substituents is 2. The van der Waals surface area contributed by atoms with Crippen LogP contribution in [0, 0.1) is 6.92 Å². The molecule has 2 aromatic carbocycles. The van der Waals surface area contributed by atoms with Crippen LogP contribution in [0.2, 0.25) is 0 Å². The zero-order chi connectivity index (χ0) is 20.2. The summed E-state index contributed by atoms with van der Waals surface area (Å²) in [5.41, 5.74) is 7.17. The molecule has 1 unspecified atom stereocenters. The first-order valence-corrected chi connectivity index (χ1v) is 9.72. The molecule has 3 N–H and O–H groups in total. The SMILES string of the molecule is Cc1cn(C)c2ccc(N3C(c4cc(C(C)C)c(O)cc4O)=NNC3S)cc12. The maximum atomic E-state index is 10.5. The lowest BCUT2D eigenvalue weighted by Crippen LogP contribution is -2.36. The Labute approximate surface area is 169 Å². The molecular weight excluding hydrogens is 372 g/mol. The second kappa shape index (κ2) is 6.67. The van der Waals surface area contributed by atoms with Gasteiger partial charge in [-0.25, -0.2) is 0 Å². The van der Waals surface area contributed by atoms with Gasteiger partial charge in [0, 0.05) is 35.9 Å². The molecule has 1 aliphatic rings. The van der Waals surface area contributed by atoms with Crippen molar-refractivity contribution in [3.05, 3.63) is 53.2 Å². The average Bonchev–Trinajstić information content (AvgIpc) is 3.14. The molecule has 0 aliphatic carbocycles. The minimum Gasteiger partial charge on any atom is -0.508 e. The highest BCUT2D eigenvalue weighted by atomic mass is 32.1. The van der Waals surface area contributed by atoms with Crippen molar-refractivity contribution in [3.63, 3.8) is 0 Å². The zero-order valence-electron chi connectivity index (χ0n) is 16.3. The van der Waals surface area contributed by atoms with E-state index < -0.39 is 0 Å². The van der Waals surface area contributed by atoms with E-state index in [0.29, 0.717) is 11.4 Å². The summed E-state index contributed by atoms with van der Waals surface area (Å²) < 4.78 is 2.10. The molecule has 0 saturated heterocycles. The fourth-order valence-corrected chi connectivity index (χ4v) is 4.06. The summed E-state index contributed by atoms with van der Waals surface area (Å²) in [6.45, 7) is 6.08. The summed E-state index contributed by atoms with van der Waals surface area (Å²) in [5, 5.41) is 26.2. The molecule has 28 heavy (non-hydrogen) atoms. The topological polar surface area (TPSA) is 73.0 Å². The Morgan fingerprint density at radius 2 is 1.89 bits per heavy atom. The van der Waals surface area contributed by atoms with Crippen molar-refractivity contribution in [2.75, 3.05) is 4.90 Å². The number of rotatable bonds is 3. The van der Waals surface area contributed by atoms with E-state index in [1.165, 1.54) is 11.6 Å². The van der Waals surface area contributed by atoms with Crippen molar-refractivity contribution < 1.29 is 10.2 Å². The fraction of sp³-hybridized carbons (Fsp3) is 0.286. The van der Waals surface area contributed by atoms with E-state index in [1.807, 2.05) is 31.9 Å². The molecule has 3 aromatic rings. The van der Waals surface area contributed by atoms with Gasteiger partial charge in [-0.2, -0.15) is 5.10 Å². The summed E-state index contributed by atoms with van der Waals surface area (Å²) in [6, 6.07) is 9.37. The van der Waals surface area contributed by atoms with Gasteiger partial charge in [0.15, 0.2) is 11.3 Å². The number of hydrazone groups is 1. The molecule has 1 atom stereocenters. The van der Waals surface area contributed by atoms with Gasteiger partial charge in [-0.05, 0) is 48.2 Å². The maximum absolute atomic E-state index is 10.5. The Morgan fingerprint density at radius 3 is 2.61 bits per heavy atom. The number of aromatic nitrogens is 1. The monoisotopic (exact) mass is 396 g/mol. The number of hydrogen-bond donors (Lipinski definition) is 4. The van der Waals surface area contributed by atoms with E-state index in [1.54, 1.807) is 6.07 Å². The molecule has 0 fully saturated rings. The standard InChI is InChI=1S/C21H24N4O2S/c1-11(2)14-8-16(19(27)9-18(14)26)20-22-23-21(28)25(20)13-5-6-17-15(7-13)12(3)10-24(17)4/h5-11,21,23,26-28H,1-4H3. The molecule has 0 bridgehead atoms. The third kappa shape index (κ3) is 2.86. The van der Waals surface area contributed by atoms with Crippen LogP contribution >= 0.6 is 12.6 Å². The molecule has 2 heterocycles. The number of fused-ring (bicyclic) bond motifs is 1. The van der Waals surface area contributed by atoms with Crippen molar-refractivity contribution >= 4 is 35.1 Å². The van der Waals surface area contributed by atoms with E-state index in [-0.39, 0.29) is 22.9 Å². The van der Waals surface area contributed by atoms with Crippen molar-refractivity contribution in [1.29, 1.82) is 0 Å². The van der Waals surface area contributed by atoms with Crippen LogP contribution in [0.15, 0.2) is 41.6 Å². The molecule has 4 rings (SSSR count). The Balaban J connectivity index is 1.83. The molecule has 0 radical (unpaired) electrons. The lowest BCUT2D eigenvalue weighted by Gasteiger charge is -2.25. The molecule has 146 valence electrons. The first-order chi connectivity index (χ1) is 13.3. The van der Waals surface area contributed by atoms with Crippen LogP contribution in [0.4, 0.5) is 5.69 Å². The minimum atomic E-state index is -0.368.